The first kappa shape index (κ1) is 17.7. The molecule has 0 saturated carbocycles. The number of nitrogens with zero attached hydrogens (tertiary/aromatic N) is 2. The fourth-order valence-electron chi connectivity index (χ4n) is 3.45. The Bertz CT molecular complexity index is 753. The summed E-state index contributed by atoms with van der Waals surface area (Å²) < 4.78 is 5.40. The van der Waals surface area contributed by atoms with Crippen molar-refractivity contribution in [3.8, 4) is 0 Å². The minimum absolute atomic E-state index is 0.118. The topological polar surface area (TPSA) is 75.4 Å². The lowest BCUT2D eigenvalue weighted by Crippen LogP contribution is -2.43. The summed E-state index contributed by atoms with van der Waals surface area (Å²) in [7, 11) is 0. The maximum Gasteiger partial charge on any atom is 0.227 e. The van der Waals surface area contributed by atoms with Crippen LogP contribution in [-0.4, -0.2) is 42.0 Å². The standard InChI is InChI=1S/C18H22ClN3O3/c1-2-12(10-20-11-23)18(24)22-7-5-13(6-8-22)17-15-4-3-14(19)9-16(15)25-21-17/h3-4,9,11-13H,2,5-8,10H2,1H3,(H,20,23). The van der Waals surface area contributed by atoms with E-state index in [0.717, 1.165) is 23.9 Å². The SMILES string of the molecule is CCC(CNC=O)C(=O)N1CCC(c2noc3cc(Cl)ccc23)CC1. The monoisotopic (exact) mass is 363 g/mol. The molecular weight excluding hydrogens is 342 g/mol. The van der Waals surface area contributed by atoms with Gasteiger partial charge in [-0.15, -0.1) is 0 Å². The van der Waals surface area contributed by atoms with Gasteiger partial charge in [-0.1, -0.05) is 23.7 Å². The predicted molar refractivity (Wildman–Crippen MR) is 95.4 cm³/mol. The van der Waals surface area contributed by atoms with Gasteiger partial charge in [0.1, 0.15) is 0 Å². The van der Waals surface area contributed by atoms with E-state index in [9.17, 15) is 9.59 Å². The fraction of sp³-hybridized carbons (Fsp3) is 0.500. The zero-order chi connectivity index (χ0) is 17.8. The van der Waals surface area contributed by atoms with E-state index in [-0.39, 0.29) is 17.7 Å². The molecule has 2 amide bonds. The molecule has 134 valence electrons. The first-order valence-corrected chi connectivity index (χ1v) is 9.02. The van der Waals surface area contributed by atoms with Crippen molar-refractivity contribution in [2.45, 2.75) is 32.1 Å². The van der Waals surface area contributed by atoms with Gasteiger partial charge in [0.15, 0.2) is 5.58 Å². The van der Waals surface area contributed by atoms with Crippen molar-refractivity contribution < 1.29 is 14.1 Å². The summed E-state index contributed by atoms with van der Waals surface area (Å²) >= 11 is 5.99. The van der Waals surface area contributed by atoms with Crippen LogP contribution in [0.4, 0.5) is 0 Å². The molecule has 1 atom stereocenters. The van der Waals surface area contributed by atoms with Crippen LogP contribution in [0.1, 0.15) is 37.8 Å². The molecule has 1 aliphatic rings. The smallest absolute Gasteiger partial charge is 0.227 e. The Balaban J connectivity index is 1.64. The summed E-state index contributed by atoms with van der Waals surface area (Å²) in [6.07, 6.45) is 3.07. The van der Waals surface area contributed by atoms with Gasteiger partial charge in [-0.05, 0) is 31.4 Å². The van der Waals surface area contributed by atoms with Crippen molar-refractivity contribution in [3.05, 3.63) is 28.9 Å². The lowest BCUT2D eigenvalue weighted by Gasteiger charge is -2.33. The number of halogens is 1. The lowest BCUT2D eigenvalue weighted by molar-refractivity contribution is -0.136. The predicted octanol–water partition coefficient (Wildman–Crippen LogP) is 2.96. The van der Waals surface area contributed by atoms with E-state index < -0.39 is 0 Å². The number of fused-ring (bicyclic) bond motifs is 1. The highest BCUT2D eigenvalue weighted by atomic mass is 35.5. The minimum Gasteiger partial charge on any atom is -0.358 e. The zero-order valence-electron chi connectivity index (χ0n) is 14.2. The molecule has 0 aliphatic carbocycles. The van der Waals surface area contributed by atoms with Gasteiger partial charge in [-0.3, -0.25) is 9.59 Å². The van der Waals surface area contributed by atoms with Crippen molar-refractivity contribution in [3.63, 3.8) is 0 Å². The number of rotatable bonds is 6. The van der Waals surface area contributed by atoms with Crippen molar-refractivity contribution in [1.29, 1.82) is 0 Å². The zero-order valence-corrected chi connectivity index (χ0v) is 15.0. The number of amides is 2. The Hall–Kier alpha value is -2.08. The number of benzene rings is 1. The van der Waals surface area contributed by atoms with Crippen LogP contribution in [0.3, 0.4) is 0 Å². The number of aromatic nitrogens is 1. The second kappa shape index (κ2) is 7.87. The Morgan fingerprint density at radius 1 is 1.48 bits per heavy atom. The highest BCUT2D eigenvalue weighted by Gasteiger charge is 2.29. The molecule has 0 spiro atoms. The van der Waals surface area contributed by atoms with Crippen LogP contribution in [0.25, 0.3) is 11.0 Å². The fourth-order valence-corrected chi connectivity index (χ4v) is 3.62. The second-order valence-corrected chi connectivity index (χ2v) is 6.88. The van der Waals surface area contributed by atoms with Crippen molar-refractivity contribution in [2.75, 3.05) is 19.6 Å². The van der Waals surface area contributed by atoms with E-state index in [2.05, 4.69) is 10.5 Å². The van der Waals surface area contributed by atoms with Crippen molar-refractivity contribution in [2.24, 2.45) is 5.92 Å². The summed E-state index contributed by atoms with van der Waals surface area (Å²) in [5.74, 6) is 0.239. The maximum absolute atomic E-state index is 12.6. The van der Waals surface area contributed by atoms with Crippen LogP contribution in [0, 0.1) is 5.92 Å². The molecule has 7 heteroatoms. The maximum atomic E-state index is 12.6. The molecule has 25 heavy (non-hydrogen) atoms. The van der Waals surface area contributed by atoms with Gasteiger partial charge in [0.2, 0.25) is 12.3 Å². The molecule has 1 aromatic heterocycles. The molecule has 1 fully saturated rings. The minimum atomic E-state index is -0.156. The highest BCUT2D eigenvalue weighted by Crippen LogP contribution is 2.33. The van der Waals surface area contributed by atoms with Gasteiger partial charge in [0.05, 0.1) is 11.6 Å². The van der Waals surface area contributed by atoms with Crippen molar-refractivity contribution >= 4 is 34.9 Å². The summed E-state index contributed by atoms with van der Waals surface area (Å²) in [4.78, 5) is 25.0. The van der Waals surface area contributed by atoms with Crippen LogP contribution < -0.4 is 5.32 Å². The molecule has 6 nitrogen and oxygen atoms in total. The number of hydrogen-bond acceptors (Lipinski definition) is 4. The lowest BCUT2D eigenvalue weighted by atomic mass is 9.91. The average Bonchev–Trinajstić information content (AvgIpc) is 3.05. The van der Waals surface area contributed by atoms with E-state index >= 15 is 0 Å². The molecule has 0 bridgehead atoms. The van der Waals surface area contributed by atoms with Gasteiger partial charge in [-0.25, -0.2) is 0 Å². The molecule has 3 rings (SSSR count). The quantitative estimate of drug-likeness (QED) is 0.800. The molecule has 1 aliphatic heterocycles. The summed E-state index contributed by atoms with van der Waals surface area (Å²) in [6, 6.07) is 5.56. The summed E-state index contributed by atoms with van der Waals surface area (Å²) in [5, 5.41) is 8.48. The van der Waals surface area contributed by atoms with Gasteiger partial charge in [-0.2, -0.15) is 0 Å². The number of carbonyl (C=O) groups is 2. The molecule has 1 saturated heterocycles. The third-order valence-corrected chi connectivity index (χ3v) is 5.18. The number of likely N-dealkylation sites (tertiary alicyclic amines) is 1. The molecule has 1 aromatic carbocycles. The van der Waals surface area contributed by atoms with Crippen LogP contribution >= 0.6 is 11.6 Å². The summed E-state index contributed by atoms with van der Waals surface area (Å²) in [6.45, 7) is 3.76. The average molecular weight is 364 g/mol. The van der Waals surface area contributed by atoms with Crippen LogP contribution in [0.2, 0.25) is 5.02 Å². The number of piperidine rings is 1. The molecular formula is C18H22ClN3O3. The molecule has 2 heterocycles. The highest BCUT2D eigenvalue weighted by molar-refractivity contribution is 6.31. The Kier molecular flexibility index (Phi) is 5.58. The third-order valence-electron chi connectivity index (χ3n) is 4.94. The number of nitrogens with one attached hydrogen (secondary N) is 1. The van der Waals surface area contributed by atoms with E-state index in [1.807, 2.05) is 24.0 Å². The van der Waals surface area contributed by atoms with Gasteiger partial charge in [0.25, 0.3) is 0 Å². The number of hydrogen-bond donors (Lipinski definition) is 1. The van der Waals surface area contributed by atoms with Crippen LogP contribution in [0.15, 0.2) is 22.7 Å². The molecule has 1 N–H and O–H groups in total. The Morgan fingerprint density at radius 3 is 2.92 bits per heavy atom. The van der Waals surface area contributed by atoms with Crippen LogP contribution in [-0.2, 0) is 9.59 Å². The third kappa shape index (κ3) is 3.79. The van der Waals surface area contributed by atoms with Gasteiger partial charge >= 0.3 is 0 Å². The van der Waals surface area contributed by atoms with Crippen molar-refractivity contribution in [1.82, 2.24) is 15.4 Å². The van der Waals surface area contributed by atoms with E-state index in [0.29, 0.717) is 43.1 Å². The molecule has 1 unspecified atom stereocenters. The Labute approximate surface area is 151 Å². The summed E-state index contributed by atoms with van der Waals surface area (Å²) in [5.41, 5.74) is 1.65. The van der Waals surface area contributed by atoms with Crippen LogP contribution in [0.5, 0.6) is 0 Å². The molecule has 2 aromatic rings. The van der Waals surface area contributed by atoms with E-state index in [4.69, 9.17) is 16.1 Å². The normalized spacial score (nSPS) is 16.8. The van der Waals surface area contributed by atoms with E-state index in [1.165, 1.54) is 0 Å². The first-order chi connectivity index (χ1) is 12.1. The van der Waals surface area contributed by atoms with Gasteiger partial charge < -0.3 is 14.7 Å². The van der Waals surface area contributed by atoms with Gasteiger partial charge in [0, 0.05) is 42.0 Å². The van der Waals surface area contributed by atoms with E-state index in [1.54, 1.807) is 6.07 Å². The first-order valence-electron chi connectivity index (χ1n) is 8.64. The largest absolute Gasteiger partial charge is 0.358 e. The second-order valence-electron chi connectivity index (χ2n) is 6.44. The molecule has 0 radical (unpaired) electrons. The number of carbonyl (C=O) groups excluding carboxylic acids is 2. The Morgan fingerprint density at radius 2 is 2.24 bits per heavy atom.